The van der Waals surface area contributed by atoms with Gasteiger partial charge in [0.2, 0.25) is 5.91 Å². The fraction of sp³-hybridized carbons (Fsp3) is 0.278. The van der Waals surface area contributed by atoms with Gasteiger partial charge in [-0.3, -0.25) is 4.79 Å². The minimum absolute atomic E-state index is 0.000931. The summed E-state index contributed by atoms with van der Waals surface area (Å²) in [7, 11) is 3.90. The Morgan fingerprint density at radius 3 is 2.71 bits per heavy atom. The molecule has 3 nitrogen and oxygen atoms in total. The van der Waals surface area contributed by atoms with E-state index in [-0.39, 0.29) is 23.6 Å². The van der Waals surface area contributed by atoms with Crippen molar-refractivity contribution in [2.45, 2.75) is 11.9 Å². The summed E-state index contributed by atoms with van der Waals surface area (Å²) in [4.78, 5) is 16.0. The monoisotopic (exact) mass is 364 g/mol. The SMILES string of the molecule is CN(C)c1ccc(C2SCC(=O)N2Cc2ccccc2F)c(Cl)c1. The third-order valence-electron chi connectivity index (χ3n) is 4.03. The molecule has 1 saturated heterocycles. The molecular formula is C18H18ClFN2OS. The van der Waals surface area contributed by atoms with Crippen molar-refractivity contribution in [3.63, 3.8) is 0 Å². The fourth-order valence-corrected chi connectivity index (χ4v) is 4.25. The van der Waals surface area contributed by atoms with Crippen LogP contribution in [0.1, 0.15) is 16.5 Å². The summed E-state index contributed by atoms with van der Waals surface area (Å²) < 4.78 is 13.9. The molecule has 1 unspecified atom stereocenters. The highest BCUT2D eigenvalue weighted by Gasteiger charge is 2.34. The van der Waals surface area contributed by atoms with E-state index in [1.807, 2.05) is 37.2 Å². The number of carbonyl (C=O) groups is 1. The quantitative estimate of drug-likeness (QED) is 0.807. The van der Waals surface area contributed by atoms with Crippen molar-refractivity contribution in [1.82, 2.24) is 4.90 Å². The van der Waals surface area contributed by atoms with Gasteiger partial charge >= 0.3 is 0 Å². The van der Waals surface area contributed by atoms with Gasteiger partial charge < -0.3 is 9.80 Å². The molecule has 3 rings (SSSR count). The average Bonchev–Trinajstić information content (AvgIpc) is 2.90. The number of hydrogen-bond donors (Lipinski definition) is 0. The van der Waals surface area contributed by atoms with Gasteiger partial charge in [-0.1, -0.05) is 35.9 Å². The third kappa shape index (κ3) is 3.37. The molecule has 1 aliphatic rings. The predicted molar refractivity (Wildman–Crippen MR) is 97.9 cm³/mol. The maximum atomic E-state index is 13.9. The molecule has 1 heterocycles. The van der Waals surface area contributed by atoms with Crippen molar-refractivity contribution in [1.29, 1.82) is 0 Å². The van der Waals surface area contributed by atoms with Crippen molar-refractivity contribution in [3.05, 3.63) is 64.4 Å². The highest BCUT2D eigenvalue weighted by Crippen LogP contribution is 2.43. The molecule has 0 N–H and O–H groups in total. The van der Waals surface area contributed by atoms with Gasteiger partial charge in [0.05, 0.1) is 5.75 Å². The lowest BCUT2D eigenvalue weighted by atomic mass is 10.1. The Labute approximate surface area is 150 Å². The molecule has 126 valence electrons. The maximum Gasteiger partial charge on any atom is 0.234 e. The molecule has 0 bridgehead atoms. The molecule has 6 heteroatoms. The van der Waals surface area contributed by atoms with Gasteiger partial charge in [0.15, 0.2) is 0 Å². The number of carbonyl (C=O) groups excluding carboxylic acids is 1. The number of halogens is 2. The molecule has 0 aliphatic carbocycles. The van der Waals surface area contributed by atoms with Gasteiger partial charge in [0, 0.05) is 42.5 Å². The minimum Gasteiger partial charge on any atom is -0.378 e. The molecule has 1 aliphatic heterocycles. The van der Waals surface area contributed by atoms with E-state index in [0.717, 1.165) is 11.3 Å². The van der Waals surface area contributed by atoms with E-state index in [0.29, 0.717) is 16.3 Å². The molecule has 0 saturated carbocycles. The van der Waals surface area contributed by atoms with Crippen LogP contribution >= 0.6 is 23.4 Å². The third-order valence-corrected chi connectivity index (χ3v) is 5.60. The molecule has 2 aromatic rings. The Morgan fingerprint density at radius 1 is 1.29 bits per heavy atom. The van der Waals surface area contributed by atoms with Gasteiger partial charge in [0.1, 0.15) is 11.2 Å². The molecular weight excluding hydrogens is 347 g/mol. The Hall–Kier alpha value is -1.72. The molecule has 24 heavy (non-hydrogen) atoms. The van der Waals surface area contributed by atoms with Gasteiger partial charge in [0.25, 0.3) is 0 Å². The largest absolute Gasteiger partial charge is 0.378 e. The van der Waals surface area contributed by atoms with Gasteiger partial charge in [-0.15, -0.1) is 11.8 Å². The number of hydrogen-bond acceptors (Lipinski definition) is 3. The first kappa shape index (κ1) is 17.1. The number of nitrogens with zero attached hydrogens (tertiary/aromatic N) is 2. The highest BCUT2D eigenvalue weighted by atomic mass is 35.5. The van der Waals surface area contributed by atoms with Crippen LogP contribution in [0, 0.1) is 5.82 Å². The summed E-state index contributed by atoms with van der Waals surface area (Å²) in [5.74, 6) is 0.0845. The van der Waals surface area contributed by atoms with Crippen LogP contribution in [0.2, 0.25) is 5.02 Å². The predicted octanol–water partition coefficient (Wildman–Crippen LogP) is 4.32. The van der Waals surface area contributed by atoms with Crippen LogP contribution in [0.15, 0.2) is 42.5 Å². The van der Waals surface area contributed by atoms with E-state index >= 15 is 0 Å². The van der Waals surface area contributed by atoms with Crippen LogP contribution in [-0.4, -0.2) is 30.7 Å². The zero-order chi connectivity index (χ0) is 17.3. The molecule has 1 atom stereocenters. The standard InChI is InChI=1S/C18H18ClFN2OS/c1-21(2)13-7-8-14(15(19)9-13)18-22(17(23)11-24-18)10-12-5-3-4-6-16(12)20/h3-9,18H,10-11H2,1-2H3. The van der Waals surface area contributed by atoms with Crippen molar-refractivity contribution in [3.8, 4) is 0 Å². The summed E-state index contributed by atoms with van der Waals surface area (Å²) in [5, 5.41) is 0.424. The van der Waals surface area contributed by atoms with Crippen molar-refractivity contribution < 1.29 is 9.18 Å². The lowest BCUT2D eigenvalue weighted by molar-refractivity contribution is -0.128. The smallest absolute Gasteiger partial charge is 0.234 e. The number of anilines is 1. The van der Waals surface area contributed by atoms with Crippen molar-refractivity contribution in [2.75, 3.05) is 24.7 Å². The first-order valence-electron chi connectivity index (χ1n) is 7.58. The number of amides is 1. The van der Waals surface area contributed by atoms with E-state index in [1.165, 1.54) is 17.8 Å². The van der Waals surface area contributed by atoms with Crippen LogP contribution in [0.5, 0.6) is 0 Å². The van der Waals surface area contributed by atoms with Crippen LogP contribution in [0.25, 0.3) is 0 Å². The van der Waals surface area contributed by atoms with Crippen LogP contribution in [0.4, 0.5) is 10.1 Å². The fourth-order valence-electron chi connectivity index (χ4n) is 2.69. The van der Waals surface area contributed by atoms with Crippen LogP contribution in [-0.2, 0) is 11.3 Å². The molecule has 2 aromatic carbocycles. The van der Waals surface area contributed by atoms with Gasteiger partial charge in [-0.25, -0.2) is 4.39 Å². The normalized spacial score (nSPS) is 17.4. The zero-order valence-corrected chi connectivity index (χ0v) is 15.1. The second-order valence-corrected chi connectivity index (χ2v) is 7.35. The Morgan fingerprint density at radius 2 is 2.04 bits per heavy atom. The summed E-state index contributed by atoms with van der Waals surface area (Å²) in [5.41, 5.74) is 2.40. The van der Waals surface area contributed by atoms with E-state index in [4.69, 9.17) is 11.6 Å². The Balaban J connectivity index is 1.89. The zero-order valence-electron chi connectivity index (χ0n) is 13.5. The van der Waals surface area contributed by atoms with E-state index in [1.54, 1.807) is 23.1 Å². The lowest BCUT2D eigenvalue weighted by Gasteiger charge is -2.26. The second-order valence-electron chi connectivity index (χ2n) is 5.88. The molecule has 1 fully saturated rings. The first-order chi connectivity index (χ1) is 11.5. The molecule has 0 aromatic heterocycles. The average molecular weight is 365 g/mol. The van der Waals surface area contributed by atoms with Crippen LogP contribution < -0.4 is 4.90 Å². The molecule has 0 spiro atoms. The topological polar surface area (TPSA) is 23.6 Å². The Kier molecular flexibility index (Phi) is 5.01. The summed E-state index contributed by atoms with van der Waals surface area (Å²) in [6.07, 6.45) is 0. The number of thioether (sulfide) groups is 1. The Bertz CT molecular complexity index is 768. The minimum atomic E-state index is -0.296. The molecule has 1 amide bonds. The summed E-state index contributed by atoms with van der Waals surface area (Å²) in [6.45, 7) is 0.245. The number of benzene rings is 2. The van der Waals surface area contributed by atoms with Gasteiger partial charge in [-0.05, 0) is 18.2 Å². The molecule has 0 radical (unpaired) electrons. The van der Waals surface area contributed by atoms with Crippen LogP contribution in [0.3, 0.4) is 0 Å². The second kappa shape index (κ2) is 7.03. The van der Waals surface area contributed by atoms with E-state index in [9.17, 15) is 9.18 Å². The highest BCUT2D eigenvalue weighted by molar-refractivity contribution is 8.00. The van der Waals surface area contributed by atoms with Crippen molar-refractivity contribution >= 4 is 35.0 Å². The lowest BCUT2D eigenvalue weighted by Crippen LogP contribution is -2.28. The number of rotatable bonds is 4. The summed E-state index contributed by atoms with van der Waals surface area (Å²) in [6, 6.07) is 12.4. The van der Waals surface area contributed by atoms with E-state index < -0.39 is 0 Å². The van der Waals surface area contributed by atoms with Crippen molar-refractivity contribution in [2.24, 2.45) is 0 Å². The van der Waals surface area contributed by atoms with E-state index in [2.05, 4.69) is 0 Å². The van der Waals surface area contributed by atoms with Gasteiger partial charge in [-0.2, -0.15) is 0 Å². The maximum absolute atomic E-state index is 13.9. The summed E-state index contributed by atoms with van der Waals surface area (Å²) >= 11 is 7.97. The first-order valence-corrected chi connectivity index (χ1v) is 9.01.